The third-order valence-electron chi connectivity index (χ3n) is 3.79. The van der Waals surface area contributed by atoms with Crippen molar-refractivity contribution in [1.82, 2.24) is 20.6 Å². The molecule has 0 bridgehead atoms. The van der Waals surface area contributed by atoms with Gasteiger partial charge in [0.2, 0.25) is 11.8 Å². The maximum Gasteiger partial charge on any atom is 0.310 e. The second kappa shape index (κ2) is 11.8. The van der Waals surface area contributed by atoms with Gasteiger partial charge >= 0.3 is 5.97 Å². The summed E-state index contributed by atoms with van der Waals surface area (Å²) in [7, 11) is 0. The van der Waals surface area contributed by atoms with E-state index in [-0.39, 0.29) is 19.4 Å². The van der Waals surface area contributed by atoms with Gasteiger partial charge in [0.25, 0.3) is 0 Å². The maximum atomic E-state index is 12.6. The molecule has 0 fully saturated rings. The number of aliphatic carboxylic acids is 1. The van der Waals surface area contributed by atoms with Crippen molar-refractivity contribution in [3.05, 3.63) is 18.2 Å². The molecule has 0 radical (unpaired) electrons. The van der Waals surface area contributed by atoms with Crippen LogP contribution in [0.15, 0.2) is 12.5 Å². The lowest BCUT2D eigenvalue weighted by atomic mass is 10.0. The number of unbranched alkanes of at least 4 members (excludes halogenated alkanes) is 1. The van der Waals surface area contributed by atoms with Crippen LogP contribution in [0.3, 0.4) is 0 Å². The SMILES string of the molecule is NCCCC[C@H](NC(=O)[C@H](Cc1cnc[nH]1)NC(=O)CN)C(=O)CC(=O)O. The summed E-state index contributed by atoms with van der Waals surface area (Å²) in [5.41, 5.74) is 11.3. The monoisotopic (exact) mass is 382 g/mol. The van der Waals surface area contributed by atoms with Crippen LogP contribution in [0, 0.1) is 0 Å². The molecule has 1 heterocycles. The molecule has 0 aliphatic rings. The van der Waals surface area contributed by atoms with E-state index in [9.17, 15) is 19.2 Å². The van der Waals surface area contributed by atoms with Crippen molar-refractivity contribution >= 4 is 23.6 Å². The Morgan fingerprint density at radius 2 is 1.89 bits per heavy atom. The van der Waals surface area contributed by atoms with Crippen molar-refractivity contribution in [2.45, 2.75) is 44.2 Å². The lowest BCUT2D eigenvalue weighted by Crippen LogP contribution is -2.53. The number of H-pyrrole nitrogens is 1. The average molecular weight is 382 g/mol. The fraction of sp³-hybridized carbons (Fsp3) is 0.562. The number of rotatable bonds is 13. The van der Waals surface area contributed by atoms with Crippen LogP contribution in [0.2, 0.25) is 0 Å². The van der Waals surface area contributed by atoms with Crippen molar-refractivity contribution in [3.8, 4) is 0 Å². The second-order valence-corrected chi connectivity index (χ2v) is 5.99. The van der Waals surface area contributed by atoms with E-state index >= 15 is 0 Å². The van der Waals surface area contributed by atoms with Gasteiger partial charge in [0.05, 0.1) is 18.9 Å². The van der Waals surface area contributed by atoms with Crippen molar-refractivity contribution in [3.63, 3.8) is 0 Å². The molecule has 0 unspecified atom stereocenters. The number of nitrogens with zero attached hydrogens (tertiary/aromatic N) is 1. The minimum atomic E-state index is -1.27. The Bertz CT molecular complexity index is 633. The molecule has 27 heavy (non-hydrogen) atoms. The highest BCUT2D eigenvalue weighted by Crippen LogP contribution is 2.06. The quantitative estimate of drug-likeness (QED) is 0.167. The normalized spacial score (nSPS) is 12.8. The van der Waals surface area contributed by atoms with Crippen LogP contribution in [0.1, 0.15) is 31.4 Å². The number of carboxylic acids is 1. The predicted molar refractivity (Wildman–Crippen MR) is 95.4 cm³/mol. The smallest absolute Gasteiger partial charge is 0.310 e. The molecule has 0 saturated heterocycles. The summed E-state index contributed by atoms with van der Waals surface area (Å²) in [6, 6.07) is -1.96. The predicted octanol–water partition coefficient (Wildman–Crippen LogP) is -1.95. The maximum absolute atomic E-state index is 12.6. The van der Waals surface area contributed by atoms with Crippen molar-refractivity contribution in [2.24, 2.45) is 11.5 Å². The van der Waals surface area contributed by atoms with Gasteiger partial charge < -0.3 is 32.2 Å². The number of imidazole rings is 1. The Kier molecular flexibility index (Phi) is 9.69. The van der Waals surface area contributed by atoms with E-state index in [1.165, 1.54) is 12.5 Å². The molecule has 0 aliphatic heterocycles. The number of hydrogen-bond donors (Lipinski definition) is 6. The van der Waals surface area contributed by atoms with Crippen LogP contribution in [0.5, 0.6) is 0 Å². The van der Waals surface area contributed by atoms with Crippen molar-refractivity contribution < 1.29 is 24.3 Å². The Morgan fingerprint density at radius 1 is 1.15 bits per heavy atom. The van der Waals surface area contributed by atoms with E-state index < -0.39 is 42.1 Å². The van der Waals surface area contributed by atoms with Gasteiger partial charge in [0.15, 0.2) is 5.78 Å². The van der Waals surface area contributed by atoms with Crippen molar-refractivity contribution in [2.75, 3.05) is 13.1 Å². The molecule has 11 heteroatoms. The minimum absolute atomic E-state index is 0.111. The molecule has 0 aliphatic carbocycles. The molecular weight excluding hydrogens is 356 g/mol. The first-order valence-electron chi connectivity index (χ1n) is 8.59. The summed E-state index contributed by atoms with van der Waals surface area (Å²) in [6.45, 7) is 0.118. The summed E-state index contributed by atoms with van der Waals surface area (Å²) in [6.07, 6.45) is 3.79. The number of carbonyl (C=O) groups excluding carboxylic acids is 3. The van der Waals surface area contributed by atoms with Gasteiger partial charge in [0.1, 0.15) is 12.5 Å². The van der Waals surface area contributed by atoms with Gasteiger partial charge in [-0.15, -0.1) is 0 Å². The number of nitrogens with one attached hydrogen (secondary N) is 3. The third-order valence-corrected chi connectivity index (χ3v) is 3.79. The highest BCUT2D eigenvalue weighted by molar-refractivity contribution is 6.00. The topological polar surface area (TPSA) is 193 Å². The highest BCUT2D eigenvalue weighted by Gasteiger charge is 2.27. The second-order valence-electron chi connectivity index (χ2n) is 5.99. The molecule has 0 spiro atoms. The number of carboxylic acid groups (broad SMARTS) is 1. The van der Waals surface area contributed by atoms with Crippen LogP contribution in [0.25, 0.3) is 0 Å². The van der Waals surface area contributed by atoms with E-state index in [0.29, 0.717) is 25.1 Å². The zero-order valence-electron chi connectivity index (χ0n) is 14.9. The molecule has 2 amide bonds. The Balaban J connectivity index is 2.85. The molecule has 1 aromatic rings. The number of hydrogen-bond acceptors (Lipinski definition) is 7. The highest BCUT2D eigenvalue weighted by atomic mass is 16.4. The van der Waals surface area contributed by atoms with E-state index in [1.54, 1.807) is 0 Å². The zero-order valence-corrected chi connectivity index (χ0v) is 14.9. The lowest BCUT2D eigenvalue weighted by molar-refractivity contribution is -0.141. The summed E-state index contributed by atoms with van der Waals surface area (Å²) in [5, 5.41) is 13.9. The first-order valence-corrected chi connectivity index (χ1v) is 8.59. The minimum Gasteiger partial charge on any atom is -0.481 e. The van der Waals surface area contributed by atoms with Gasteiger partial charge in [-0.1, -0.05) is 0 Å². The Hall–Kier alpha value is -2.79. The average Bonchev–Trinajstić information content (AvgIpc) is 3.12. The number of ketones is 1. The largest absolute Gasteiger partial charge is 0.481 e. The number of nitrogens with two attached hydrogens (primary N) is 2. The molecule has 8 N–H and O–H groups in total. The summed E-state index contributed by atoms with van der Waals surface area (Å²) < 4.78 is 0. The summed E-state index contributed by atoms with van der Waals surface area (Å²) in [5.74, 6) is -3.03. The fourth-order valence-corrected chi connectivity index (χ4v) is 2.43. The number of carbonyl (C=O) groups is 4. The molecule has 0 saturated carbocycles. The number of aromatic amines is 1. The van der Waals surface area contributed by atoms with Gasteiger partial charge in [0, 0.05) is 18.3 Å². The van der Waals surface area contributed by atoms with Crippen LogP contribution in [-0.2, 0) is 25.6 Å². The molecule has 150 valence electrons. The lowest BCUT2D eigenvalue weighted by Gasteiger charge is -2.22. The zero-order chi connectivity index (χ0) is 20.2. The molecule has 1 rings (SSSR count). The first kappa shape index (κ1) is 22.3. The molecule has 0 aromatic carbocycles. The van der Waals surface area contributed by atoms with Crippen molar-refractivity contribution in [1.29, 1.82) is 0 Å². The number of amides is 2. The third kappa shape index (κ3) is 8.42. The fourth-order valence-electron chi connectivity index (χ4n) is 2.43. The van der Waals surface area contributed by atoms with Crippen LogP contribution in [0.4, 0.5) is 0 Å². The van der Waals surface area contributed by atoms with Crippen LogP contribution in [-0.4, -0.2) is 63.8 Å². The van der Waals surface area contributed by atoms with E-state index in [0.717, 1.165) is 0 Å². The van der Waals surface area contributed by atoms with Gasteiger partial charge in [-0.2, -0.15) is 0 Å². The molecular formula is C16H26N6O5. The molecule has 1 aromatic heterocycles. The Labute approximate surface area is 156 Å². The van der Waals surface area contributed by atoms with Gasteiger partial charge in [-0.3, -0.25) is 19.2 Å². The summed E-state index contributed by atoms with van der Waals surface area (Å²) >= 11 is 0. The van der Waals surface area contributed by atoms with Crippen LogP contribution < -0.4 is 22.1 Å². The summed E-state index contributed by atoms with van der Waals surface area (Å²) in [4.78, 5) is 53.9. The number of aromatic nitrogens is 2. The Morgan fingerprint density at radius 3 is 2.44 bits per heavy atom. The first-order chi connectivity index (χ1) is 12.9. The number of Topliss-reactive ketones (excluding diaryl/α,β-unsaturated/α-hetero) is 1. The van der Waals surface area contributed by atoms with Gasteiger partial charge in [-0.25, -0.2) is 4.98 Å². The van der Waals surface area contributed by atoms with Gasteiger partial charge in [-0.05, 0) is 25.8 Å². The van der Waals surface area contributed by atoms with E-state index in [2.05, 4.69) is 20.6 Å². The van der Waals surface area contributed by atoms with Crippen LogP contribution >= 0.6 is 0 Å². The van der Waals surface area contributed by atoms with E-state index in [4.69, 9.17) is 16.6 Å². The van der Waals surface area contributed by atoms with E-state index in [1.807, 2.05) is 0 Å². The molecule has 2 atom stereocenters. The standard InChI is InChI=1S/C16H26N6O5/c17-4-2-1-3-11(13(23)6-15(25)26)22-16(27)12(21-14(24)7-18)5-10-8-19-9-20-10/h8-9,11-12H,1-7,17-18H2,(H,19,20)(H,21,24)(H,22,27)(H,25,26)/t11-,12-/m0/s1. The molecule has 11 nitrogen and oxygen atoms in total.